The molecule has 0 amide bonds. The first kappa shape index (κ1) is 17.9. The molecule has 0 aliphatic rings. The third-order valence-electron chi connectivity index (χ3n) is 2.48. The maximum atomic E-state index is 12.7. The Balaban J connectivity index is 0.00000154. The molecular formula is C13H16ClF3O2. The van der Waals surface area contributed by atoms with Crippen molar-refractivity contribution < 1.29 is 23.1 Å². The van der Waals surface area contributed by atoms with Gasteiger partial charge in [0.15, 0.2) is 0 Å². The van der Waals surface area contributed by atoms with E-state index < -0.39 is 17.7 Å². The molecule has 0 fully saturated rings. The molecule has 1 N–H and O–H groups in total. The summed E-state index contributed by atoms with van der Waals surface area (Å²) in [6.45, 7) is 0. The lowest BCUT2D eigenvalue weighted by molar-refractivity contribution is -0.138. The molecule has 19 heavy (non-hydrogen) atoms. The van der Waals surface area contributed by atoms with E-state index in [-0.39, 0.29) is 5.56 Å². The molecule has 1 aromatic carbocycles. The Hall–Kier alpha value is -1.07. The zero-order valence-electron chi connectivity index (χ0n) is 10.5. The van der Waals surface area contributed by atoms with Crippen molar-refractivity contribution in [2.45, 2.75) is 24.9 Å². The molecule has 0 heterocycles. The summed E-state index contributed by atoms with van der Waals surface area (Å²) in [5, 5.41) is 7.00. The molecule has 0 saturated heterocycles. The lowest BCUT2D eigenvalue weighted by atomic mass is 9.91. The third kappa shape index (κ3) is 5.61. The number of aliphatic hydroxyl groups is 1. The summed E-state index contributed by atoms with van der Waals surface area (Å²) in [5.74, 6) is -0.412. The van der Waals surface area contributed by atoms with Gasteiger partial charge in [0, 0.05) is 18.9 Å². The maximum absolute atomic E-state index is 12.7. The molecule has 0 bridgehead atoms. The topological polar surface area (TPSA) is 37.3 Å². The Morgan fingerprint density at radius 3 is 2.37 bits per heavy atom. The molecule has 1 atom stereocenters. The first-order valence-corrected chi connectivity index (χ1v) is 6.16. The highest BCUT2D eigenvalue weighted by atomic mass is 35.5. The molecule has 0 aliphatic heterocycles. The second-order valence-corrected chi connectivity index (χ2v) is 4.04. The Morgan fingerprint density at radius 2 is 1.89 bits per heavy atom. The Morgan fingerprint density at radius 1 is 1.32 bits per heavy atom. The highest BCUT2D eigenvalue weighted by Crippen LogP contribution is 2.35. The van der Waals surface area contributed by atoms with Gasteiger partial charge >= 0.3 is 6.18 Å². The van der Waals surface area contributed by atoms with E-state index in [2.05, 4.69) is 0 Å². The fourth-order valence-electron chi connectivity index (χ4n) is 1.67. The minimum absolute atomic E-state index is 0.0279. The molecular weight excluding hydrogens is 281 g/mol. The van der Waals surface area contributed by atoms with E-state index in [9.17, 15) is 18.0 Å². The van der Waals surface area contributed by atoms with Crippen LogP contribution in [0.1, 0.15) is 29.9 Å². The summed E-state index contributed by atoms with van der Waals surface area (Å²) in [6.07, 6.45) is -3.03. The van der Waals surface area contributed by atoms with E-state index >= 15 is 0 Å². The van der Waals surface area contributed by atoms with Gasteiger partial charge in [-0.05, 0) is 24.5 Å². The minimum atomic E-state index is -4.43. The number of carbonyl (C=O) groups excluding carboxylic acids is 1. The van der Waals surface area contributed by atoms with Crippen LogP contribution in [0.4, 0.5) is 13.2 Å². The molecule has 1 rings (SSSR count). The lowest BCUT2D eigenvalue weighted by Gasteiger charge is -2.16. The zero-order chi connectivity index (χ0) is 14.9. The van der Waals surface area contributed by atoms with Gasteiger partial charge < -0.3 is 9.90 Å². The van der Waals surface area contributed by atoms with Crippen LogP contribution in [0.25, 0.3) is 0 Å². The highest BCUT2D eigenvalue weighted by Gasteiger charge is 2.34. The monoisotopic (exact) mass is 296 g/mol. The van der Waals surface area contributed by atoms with Crippen LogP contribution in [0.15, 0.2) is 24.3 Å². The molecule has 0 radical (unpaired) electrons. The van der Waals surface area contributed by atoms with Crippen molar-refractivity contribution in [2.75, 3.05) is 13.0 Å². The molecule has 1 aromatic rings. The van der Waals surface area contributed by atoms with Gasteiger partial charge in [-0.15, -0.1) is 11.6 Å². The van der Waals surface area contributed by atoms with E-state index in [0.29, 0.717) is 25.0 Å². The van der Waals surface area contributed by atoms with Crippen LogP contribution in [0.2, 0.25) is 0 Å². The van der Waals surface area contributed by atoms with Crippen molar-refractivity contribution in [1.29, 1.82) is 0 Å². The van der Waals surface area contributed by atoms with Crippen LogP contribution in [0.3, 0.4) is 0 Å². The molecule has 6 heteroatoms. The molecule has 0 saturated carbocycles. The first-order valence-electron chi connectivity index (χ1n) is 5.62. The standard InChI is InChI=1S/C12H12ClF3O.CH4O/c13-7-3-4-9(8-17)10-5-1-2-6-11(10)12(14,15)16;1-2/h1-2,5-6,8-9H,3-4,7H2;2H,1H3. The quantitative estimate of drug-likeness (QED) is 0.665. The Bertz CT molecular complexity index is 380. The minimum Gasteiger partial charge on any atom is -0.400 e. The van der Waals surface area contributed by atoms with E-state index in [4.69, 9.17) is 16.7 Å². The number of hydrogen-bond acceptors (Lipinski definition) is 2. The maximum Gasteiger partial charge on any atom is 0.416 e. The number of alkyl halides is 4. The van der Waals surface area contributed by atoms with Gasteiger partial charge in [0.2, 0.25) is 0 Å². The fourth-order valence-corrected chi connectivity index (χ4v) is 1.83. The van der Waals surface area contributed by atoms with E-state index in [1.807, 2.05) is 0 Å². The Labute approximate surface area is 115 Å². The molecule has 108 valence electrons. The predicted octanol–water partition coefficient (Wildman–Crippen LogP) is 3.62. The summed E-state index contributed by atoms with van der Waals surface area (Å²) in [4.78, 5) is 10.9. The van der Waals surface area contributed by atoms with Crippen molar-refractivity contribution in [1.82, 2.24) is 0 Å². The van der Waals surface area contributed by atoms with Gasteiger partial charge in [-0.25, -0.2) is 0 Å². The smallest absolute Gasteiger partial charge is 0.400 e. The summed E-state index contributed by atoms with van der Waals surface area (Å²) in [6, 6.07) is 5.15. The van der Waals surface area contributed by atoms with Gasteiger partial charge in [0.1, 0.15) is 6.29 Å². The van der Waals surface area contributed by atoms with Crippen LogP contribution in [-0.4, -0.2) is 24.4 Å². The van der Waals surface area contributed by atoms with E-state index in [1.54, 1.807) is 0 Å². The van der Waals surface area contributed by atoms with Crippen LogP contribution in [0, 0.1) is 0 Å². The van der Waals surface area contributed by atoms with Crippen molar-refractivity contribution in [3.05, 3.63) is 35.4 Å². The van der Waals surface area contributed by atoms with Crippen LogP contribution < -0.4 is 0 Å². The molecule has 2 nitrogen and oxygen atoms in total. The van der Waals surface area contributed by atoms with Crippen LogP contribution in [0.5, 0.6) is 0 Å². The summed E-state index contributed by atoms with van der Waals surface area (Å²) in [5.41, 5.74) is -0.716. The third-order valence-corrected chi connectivity index (χ3v) is 2.75. The SMILES string of the molecule is CO.O=CC(CCCCl)c1ccccc1C(F)(F)F. The summed E-state index contributed by atoms with van der Waals surface area (Å²) >= 11 is 5.48. The molecule has 0 aromatic heterocycles. The fraction of sp³-hybridized carbons (Fsp3) is 0.462. The average Bonchev–Trinajstić information content (AvgIpc) is 2.41. The molecule has 0 aliphatic carbocycles. The van der Waals surface area contributed by atoms with Gasteiger partial charge in [-0.3, -0.25) is 0 Å². The highest BCUT2D eigenvalue weighted by molar-refractivity contribution is 6.17. The first-order chi connectivity index (χ1) is 9.00. The van der Waals surface area contributed by atoms with E-state index in [0.717, 1.165) is 13.2 Å². The largest absolute Gasteiger partial charge is 0.416 e. The number of hydrogen-bond donors (Lipinski definition) is 1. The number of rotatable bonds is 5. The van der Waals surface area contributed by atoms with Crippen molar-refractivity contribution in [3.63, 3.8) is 0 Å². The van der Waals surface area contributed by atoms with Gasteiger partial charge in [0.05, 0.1) is 5.56 Å². The van der Waals surface area contributed by atoms with Crippen LogP contribution >= 0.6 is 11.6 Å². The second-order valence-electron chi connectivity index (χ2n) is 3.66. The van der Waals surface area contributed by atoms with Crippen molar-refractivity contribution in [2.24, 2.45) is 0 Å². The normalized spacial score (nSPS) is 12.3. The second kappa shape index (κ2) is 8.93. The van der Waals surface area contributed by atoms with Crippen molar-refractivity contribution in [3.8, 4) is 0 Å². The number of benzene rings is 1. The number of carbonyl (C=O) groups is 1. The van der Waals surface area contributed by atoms with E-state index in [1.165, 1.54) is 18.2 Å². The Kier molecular flexibility index (Phi) is 8.43. The molecule has 1 unspecified atom stereocenters. The molecule has 0 spiro atoms. The van der Waals surface area contributed by atoms with Gasteiger partial charge in [-0.2, -0.15) is 13.2 Å². The summed E-state index contributed by atoms with van der Waals surface area (Å²) in [7, 11) is 1.00. The number of halogens is 4. The van der Waals surface area contributed by atoms with Crippen LogP contribution in [-0.2, 0) is 11.0 Å². The van der Waals surface area contributed by atoms with Crippen molar-refractivity contribution >= 4 is 17.9 Å². The predicted molar refractivity (Wildman–Crippen MR) is 68.3 cm³/mol. The lowest BCUT2D eigenvalue weighted by Crippen LogP contribution is -2.13. The summed E-state index contributed by atoms with van der Waals surface area (Å²) < 4.78 is 38.2. The number of aldehydes is 1. The number of aliphatic hydroxyl groups excluding tert-OH is 1. The van der Waals surface area contributed by atoms with Gasteiger partial charge in [-0.1, -0.05) is 18.2 Å². The van der Waals surface area contributed by atoms with Gasteiger partial charge in [0.25, 0.3) is 0 Å². The zero-order valence-corrected chi connectivity index (χ0v) is 11.2. The average molecular weight is 297 g/mol.